The maximum Gasteiger partial charge on any atom is 0.172 e. The van der Waals surface area contributed by atoms with Crippen LogP contribution in [0.2, 0.25) is 0 Å². The summed E-state index contributed by atoms with van der Waals surface area (Å²) in [5, 5.41) is 0. The molecule has 0 N–H and O–H groups in total. The number of benzene rings is 2. The highest BCUT2D eigenvalue weighted by Gasteiger charge is 2.20. The summed E-state index contributed by atoms with van der Waals surface area (Å²) in [4.78, 5) is 12.3. The van der Waals surface area contributed by atoms with E-state index in [1.807, 2.05) is 0 Å². The second-order valence-corrected chi connectivity index (χ2v) is 4.71. The molecule has 0 saturated carbocycles. The van der Waals surface area contributed by atoms with E-state index in [0.29, 0.717) is 30.3 Å². The highest BCUT2D eigenvalue weighted by Crippen LogP contribution is 2.34. The van der Waals surface area contributed by atoms with E-state index in [0.717, 1.165) is 18.2 Å². The molecule has 2 aromatic carbocycles. The number of hydrogen-bond donors (Lipinski definition) is 0. The highest BCUT2D eigenvalue weighted by atomic mass is 19.1. The van der Waals surface area contributed by atoms with E-state index < -0.39 is 11.6 Å². The molecule has 0 amide bonds. The Hall–Kier alpha value is -2.43. The van der Waals surface area contributed by atoms with Gasteiger partial charge in [-0.2, -0.15) is 0 Å². The third kappa shape index (κ3) is 2.86. The van der Waals surface area contributed by atoms with Gasteiger partial charge in [-0.05, 0) is 29.8 Å². The molecule has 3 rings (SSSR count). The van der Waals surface area contributed by atoms with Crippen molar-refractivity contribution in [1.29, 1.82) is 0 Å². The van der Waals surface area contributed by atoms with Gasteiger partial charge in [0.15, 0.2) is 17.3 Å². The van der Waals surface area contributed by atoms with E-state index in [1.54, 1.807) is 18.2 Å². The van der Waals surface area contributed by atoms with Crippen LogP contribution in [0.1, 0.15) is 15.9 Å². The molecule has 5 heteroatoms. The van der Waals surface area contributed by atoms with Gasteiger partial charge < -0.3 is 9.47 Å². The lowest BCUT2D eigenvalue weighted by Gasteiger charge is -2.20. The van der Waals surface area contributed by atoms with E-state index in [2.05, 4.69) is 0 Å². The Kier molecular flexibility index (Phi) is 3.56. The molecule has 0 atom stereocenters. The van der Waals surface area contributed by atoms with Gasteiger partial charge in [0.1, 0.15) is 24.8 Å². The second kappa shape index (κ2) is 5.52. The number of rotatable bonds is 3. The first-order valence-electron chi connectivity index (χ1n) is 6.50. The van der Waals surface area contributed by atoms with Crippen molar-refractivity contribution in [3.63, 3.8) is 0 Å². The van der Waals surface area contributed by atoms with Crippen molar-refractivity contribution in [2.45, 2.75) is 6.42 Å². The summed E-state index contributed by atoms with van der Waals surface area (Å²) in [6, 6.07) is 8.09. The Bertz CT molecular complexity index is 678. The van der Waals surface area contributed by atoms with Gasteiger partial charge in [0.25, 0.3) is 0 Å². The predicted molar refractivity (Wildman–Crippen MR) is 71.8 cm³/mol. The molecule has 0 spiro atoms. The van der Waals surface area contributed by atoms with E-state index in [-0.39, 0.29) is 17.8 Å². The normalized spacial score (nSPS) is 13.0. The topological polar surface area (TPSA) is 35.5 Å². The van der Waals surface area contributed by atoms with E-state index >= 15 is 0 Å². The fourth-order valence-electron chi connectivity index (χ4n) is 2.29. The van der Waals surface area contributed by atoms with Crippen molar-refractivity contribution >= 4 is 5.78 Å². The molecular weight excluding hydrogens is 278 g/mol. The Morgan fingerprint density at radius 3 is 2.52 bits per heavy atom. The molecule has 1 heterocycles. The average molecular weight is 290 g/mol. The summed E-state index contributed by atoms with van der Waals surface area (Å²) in [6.07, 6.45) is -0.103. The second-order valence-electron chi connectivity index (χ2n) is 4.71. The minimum absolute atomic E-state index is 0.103. The Morgan fingerprint density at radius 2 is 1.76 bits per heavy atom. The Labute approximate surface area is 120 Å². The first-order chi connectivity index (χ1) is 10.1. The third-order valence-electron chi connectivity index (χ3n) is 3.15. The Balaban J connectivity index is 1.89. The number of Topliss-reactive ketones (excluding diaryl/α,β-unsaturated/α-hetero) is 1. The summed E-state index contributed by atoms with van der Waals surface area (Å²) in [5.41, 5.74) is 0.642. The molecule has 2 aromatic rings. The van der Waals surface area contributed by atoms with Crippen LogP contribution < -0.4 is 9.47 Å². The van der Waals surface area contributed by atoms with Crippen molar-refractivity contribution in [2.75, 3.05) is 13.2 Å². The minimum Gasteiger partial charge on any atom is -0.486 e. The van der Waals surface area contributed by atoms with Gasteiger partial charge in [-0.1, -0.05) is 6.07 Å². The number of fused-ring (bicyclic) bond motifs is 1. The number of halogens is 2. The molecule has 0 bridgehead atoms. The predicted octanol–water partition coefficient (Wildman–Crippen LogP) is 3.16. The molecular formula is C16H12F2O3. The van der Waals surface area contributed by atoms with Crippen LogP contribution in [0.5, 0.6) is 11.5 Å². The first-order valence-corrected chi connectivity index (χ1v) is 6.50. The monoisotopic (exact) mass is 290 g/mol. The van der Waals surface area contributed by atoms with Gasteiger partial charge in [0.2, 0.25) is 0 Å². The van der Waals surface area contributed by atoms with Gasteiger partial charge >= 0.3 is 0 Å². The summed E-state index contributed by atoms with van der Waals surface area (Å²) >= 11 is 0. The zero-order valence-corrected chi connectivity index (χ0v) is 11.1. The maximum absolute atomic E-state index is 13.2. The van der Waals surface area contributed by atoms with Crippen molar-refractivity contribution < 1.29 is 23.0 Å². The lowest BCUT2D eigenvalue weighted by Crippen LogP contribution is -2.18. The highest BCUT2D eigenvalue weighted by molar-refractivity contribution is 6.00. The zero-order valence-electron chi connectivity index (χ0n) is 11.1. The molecule has 0 aromatic heterocycles. The number of carbonyl (C=O) groups excluding carboxylic acids is 1. The molecule has 1 aliphatic heterocycles. The number of hydrogen-bond acceptors (Lipinski definition) is 3. The quantitative estimate of drug-likeness (QED) is 0.815. The van der Waals surface area contributed by atoms with Crippen LogP contribution in [0.4, 0.5) is 8.78 Å². The van der Waals surface area contributed by atoms with Gasteiger partial charge in [0.05, 0.1) is 5.56 Å². The number of ketones is 1. The number of carbonyl (C=O) groups is 1. The standard InChI is InChI=1S/C16H12F2O3/c17-11-6-10(7-12(18)9-11)8-14(19)13-2-1-3-15-16(13)21-5-4-20-15/h1-3,6-7,9H,4-5,8H2. The van der Waals surface area contributed by atoms with E-state index in [4.69, 9.17) is 9.47 Å². The van der Waals surface area contributed by atoms with Gasteiger partial charge in [0, 0.05) is 12.5 Å². The molecule has 108 valence electrons. The molecule has 3 nitrogen and oxygen atoms in total. The van der Waals surface area contributed by atoms with E-state index in [9.17, 15) is 13.6 Å². The van der Waals surface area contributed by atoms with Crippen LogP contribution in [0, 0.1) is 11.6 Å². The SMILES string of the molecule is O=C(Cc1cc(F)cc(F)c1)c1cccc2c1OCCO2. The molecule has 0 unspecified atom stereocenters. The molecule has 0 saturated heterocycles. The van der Waals surface area contributed by atoms with Crippen molar-refractivity contribution in [3.05, 3.63) is 59.2 Å². The van der Waals surface area contributed by atoms with Crippen LogP contribution in [-0.2, 0) is 6.42 Å². The maximum atomic E-state index is 13.2. The number of ether oxygens (including phenoxy) is 2. The van der Waals surface area contributed by atoms with Crippen LogP contribution in [0.15, 0.2) is 36.4 Å². The summed E-state index contributed by atoms with van der Waals surface area (Å²) in [6.45, 7) is 0.797. The molecule has 0 radical (unpaired) electrons. The summed E-state index contributed by atoms with van der Waals surface area (Å²) in [5.74, 6) is -0.773. The zero-order chi connectivity index (χ0) is 14.8. The summed E-state index contributed by atoms with van der Waals surface area (Å²) in [7, 11) is 0. The van der Waals surface area contributed by atoms with Crippen molar-refractivity contribution in [3.8, 4) is 11.5 Å². The fourth-order valence-corrected chi connectivity index (χ4v) is 2.29. The van der Waals surface area contributed by atoms with Crippen LogP contribution in [-0.4, -0.2) is 19.0 Å². The fraction of sp³-hybridized carbons (Fsp3) is 0.188. The average Bonchev–Trinajstić information content (AvgIpc) is 2.45. The van der Waals surface area contributed by atoms with Gasteiger partial charge in [-0.15, -0.1) is 0 Å². The number of para-hydroxylation sites is 1. The first kappa shape index (κ1) is 13.5. The van der Waals surface area contributed by atoms with Crippen molar-refractivity contribution in [1.82, 2.24) is 0 Å². The molecule has 1 aliphatic rings. The Morgan fingerprint density at radius 1 is 1.05 bits per heavy atom. The smallest absolute Gasteiger partial charge is 0.172 e. The van der Waals surface area contributed by atoms with Gasteiger partial charge in [-0.3, -0.25) is 4.79 Å². The van der Waals surface area contributed by atoms with E-state index in [1.165, 1.54) is 0 Å². The van der Waals surface area contributed by atoms with Crippen LogP contribution >= 0.6 is 0 Å². The minimum atomic E-state index is -0.701. The van der Waals surface area contributed by atoms with Gasteiger partial charge in [-0.25, -0.2) is 8.78 Å². The largest absolute Gasteiger partial charge is 0.486 e. The molecule has 0 aliphatic carbocycles. The summed E-state index contributed by atoms with van der Waals surface area (Å²) < 4.78 is 37.2. The lowest BCUT2D eigenvalue weighted by molar-refractivity contribution is 0.0981. The van der Waals surface area contributed by atoms with Crippen molar-refractivity contribution in [2.24, 2.45) is 0 Å². The lowest BCUT2D eigenvalue weighted by atomic mass is 10.0. The van der Waals surface area contributed by atoms with Crippen LogP contribution in [0.25, 0.3) is 0 Å². The molecule has 0 fully saturated rings. The van der Waals surface area contributed by atoms with Crippen LogP contribution in [0.3, 0.4) is 0 Å². The molecule has 21 heavy (non-hydrogen) atoms. The third-order valence-corrected chi connectivity index (χ3v) is 3.15.